The molecular weight excluding hydrogens is 340 g/mol. The molecule has 0 bridgehead atoms. The van der Waals surface area contributed by atoms with Gasteiger partial charge in [0.25, 0.3) is 5.91 Å². The molecule has 1 heterocycles. The van der Waals surface area contributed by atoms with E-state index in [1.54, 1.807) is 12.1 Å². The topological polar surface area (TPSA) is 58.6 Å². The third-order valence-corrected chi connectivity index (χ3v) is 4.65. The minimum Gasteiger partial charge on any atom is -0.493 e. The number of carbonyl (C=O) groups excluding carboxylic acids is 2. The first kappa shape index (κ1) is 19.0. The van der Waals surface area contributed by atoms with E-state index in [2.05, 4.69) is 5.32 Å². The van der Waals surface area contributed by atoms with Gasteiger partial charge in [0.1, 0.15) is 5.75 Å². The Hall–Kier alpha value is -2.82. The first-order valence-electron chi connectivity index (χ1n) is 9.48. The highest BCUT2D eigenvalue weighted by Gasteiger charge is 2.25. The van der Waals surface area contributed by atoms with Crippen molar-refractivity contribution in [1.29, 1.82) is 0 Å². The van der Waals surface area contributed by atoms with Crippen molar-refractivity contribution in [3.63, 3.8) is 0 Å². The first-order valence-corrected chi connectivity index (χ1v) is 9.48. The van der Waals surface area contributed by atoms with Gasteiger partial charge in [-0.25, -0.2) is 0 Å². The molecule has 0 unspecified atom stereocenters. The summed E-state index contributed by atoms with van der Waals surface area (Å²) in [5, 5.41) is 2.94. The molecule has 0 spiro atoms. The van der Waals surface area contributed by atoms with Gasteiger partial charge in [0, 0.05) is 23.8 Å². The minimum atomic E-state index is -0.225. The Labute approximate surface area is 160 Å². The number of nitrogens with one attached hydrogen (secondary N) is 1. The summed E-state index contributed by atoms with van der Waals surface area (Å²) in [4.78, 5) is 27.1. The zero-order valence-electron chi connectivity index (χ0n) is 16.1. The molecule has 2 amide bonds. The maximum Gasteiger partial charge on any atom is 0.259 e. The molecule has 1 aliphatic rings. The van der Waals surface area contributed by atoms with Crippen LogP contribution in [0.4, 0.5) is 11.4 Å². The van der Waals surface area contributed by atoms with Crippen LogP contribution < -0.4 is 15.0 Å². The largest absolute Gasteiger partial charge is 0.493 e. The molecule has 0 atom stereocenters. The smallest absolute Gasteiger partial charge is 0.259 e. The summed E-state index contributed by atoms with van der Waals surface area (Å²) in [6.45, 7) is 6.92. The highest BCUT2D eigenvalue weighted by Crippen LogP contribution is 2.31. The number of amides is 2. The fraction of sp³-hybridized carbons (Fsp3) is 0.364. The van der Waals surface area contributed by atoms with E-state index in [-0.39, 0.29) is 17.7 Å². The van der Waals surface area contributed by atoms with Crippen molar-refractivity contribution < 1.29 is 14.3 Å². The lowest BCUT2D eigenvalue weighted by Crippen LogP contribution is -2.38. The molecule has 0 aromatic heterocycles. The number of hydrogen-bond donors (Lipinski definition) is 1. The lowest BCUT2D eigenvalue weighted by molar-refractivity contribution is -0.121. The van der Waals surface area contributed by atoms with Gasteiger partial charge in [0.05, 0.1) is 12.2 Å². The molecule has 27 heavy (non-hydrogen) atoms. The van der Waals surface area contributed by atoms with Crippen LogP contribution in [0.15, 0.2) is 42.5 Å². The van der Waals surface area contributed by atoms with Crippen LogP contribution in [0, 0.1) is 5.92 Å². The lowest BCUT2D eigenvalue weighted by Gasteiger charge is -2.31. The standard InChI is InChI=1S/C22H26N2O3/c1-4-27-20-10-6-5-9-18(20)21(25)23-17-12-11-16-8-7-13-24(19(16)14-17)22(26)15(2)3/h5-6,9-12,14-15H,4,7-8,13H2,1-3H3,(H,23,25). The summed E-state index contributed by atoms with van der Waals surface area (Å²) >= 11 is 0. The fourth-order valence-electron chi connectivity index (χ4n) is 3.33. The molecule has 0 saturated heterocycles. The molecule has 5 heteroatoms. The number of rotatable bonds is 5. The zero-order valence-corrected chi connectivity index (χ0v) is 16.1. The number of nitrogens with zero attached hydrogens (tertiary/aromatic N) is 1. The van der Waals surface area contributed by atoms with Crippen molar-refractivity contribution in [3.05, 3.63) is 53.6 Å². The summed E-state index contributed by atoms with van der Waals surface area (Å²) in [7, 11) is 0. The molecule has 0 saturated carbocycles. The van der Waals surface area contributed by atoms with E-state index in [4.69, 9.17) is 4.74 Å². The average molecular weight is 366 g/mol. The Bertz CT molecular complexity index is 845. The van der Waals surface area contributed by atoms with Gasteiger partial charge in [0.15, 0.2) is 0 Å². The molecule has 1 N–H and O–H groups in total. The molecule has 1 aliphatic heterocycles. The number of anilines is 2. The Kier molecular flexibility index (Phi) is 5.79. The normalized spacial score (nSPS) is 13.3. The number of carbonyl (C=O) groups is 2. The lowest BCUT2D eigenvalue weighted by atomic mass is 9.99. The van der Waals surface area contributed by atoms with E-state index in [0.717, 1.165) is 24.1 Å². The van der Waals surface area contributed by atoms with Gasteiger partial charge in [-0.1, -0.05) is 32.0 Å². The SMILES string of the molecule is CCOc1ccccc1C(=O)Nc1ccc2c(c1)N(C(=O)C(C)C)CCC2. The van der Waals surface area contributed by atoms with Crippen LogP contribution in [0.25, 0.3) is 0 Å². The number of benzene rings is 2. The van der Waals surface area contributed by atoms with Crippen molar-refractivity contribution in [2.75, 3.05) is 23.4 Å². The molecule has 0 radical (unpaired) electrons. The van der Waals surface area contributed by atoms with E-state index in [1.165, 1.54) is 0 Å². The Balaban J connectivity index is 1.86. The van der Waals surface area contributed by atoms with E-state index in [9.17, 15) is 9.59 Å². The summed E-state index contributed by atoms with van der Waals surface area (Å²) in [6.07, 6.45) is 1.90. The second-order valence-electron chi connectivity index (χ2n) is 6.97. The summed E-state index contributed by atoms with van der Waals surface area (Å²) < 4.78 is 5.55. The molecule has 0 aliphatic carbocycles. The maximum absolute atomic E-state index is 12.7. The summed E-state index contributed by atoms with van der Waals surface area (Å²) in [5.74, 6) is 0.386. The van der Waals surface area contributed by atoms with Crippen LogP contribution in [-0.2, 0) is 11.2 Å². The van der Waals surface area contributed by atoms with Gasteiger partial charge in [-0.3, -0.25) is 9.59 Å². The number of hydrogen-bond acceptors (Lipinski definition) is 3. The van der Waals surface area contributed by atoms with Gasteiger partial charge in [-0.05, 0) is 49.6 Å². The Morgan fingerprint density at radius 2 is 1.96 bits per heavy atom. The second kappa shape index (κ2) is 8.25. The number of aryl methyl sites for hydroxylation is 1. The number of fused-ring (bicyclic) bond motifs is 1. The molecule has 3 rings (SSSR count). The summed E-state index contributed by atoms with van der Waals surface area (Å²) in [6, 6.07) is 13.0. The first-order chi connectivity index (χ1) is 13.0. The van der Waals surface area contributed by atoms with Crippen LogP contribution in [0.3, 0.4) is 0 Å². The van der Waals surface area contributed by atoms with Crippen molar-refractivity contribution in [2.45, 2.75) is 33.6 Å². The van der Waals surface area contributed by atoms with E-state index in [0.29, 0.717) is 30.2 Å². The molecule has 142 valence electrons. The van der Waals surface area contributed by atoms with Crippen LogP contribution in [0.5, 0.6) is 5.75 Å². The molecule has 2 aromatic rings. The van der Waals surface area contributed by atoms with Gasteiger partial charge < -0.3 is 15.0 Å². The maximum atomic E-state index is 12.7. The Morgan fingerprint density at radius 3 is 2.70 bits per heavy atom. The monoisotopic (exact) mass is 366 g/mol. The summed E-state index contributed by atoms with van der Waals surface area (Å²) in [5.41, 5.74) is 3.21. The van der Waals surface area contributed by atoms with Gasteiger partial charge in [-0.15, -0.1) is 0 Å². The van der Waals surface area contributed by atoms with Gasteiger partial charge >= 0.3 is 0 Å². The minimum absolute atomic E-state index is 0.0627. The highest BCUT2D eigenvalue weighted by molar-refractivity contribution is 6.06. The van der Waals surface area contributed by atoms with Crippen molar-refractivity contribution >= 4 is 23.2 Å². The molecule has 2 aromatic carbocycles. The number of para-hydroxylation sites is 1. The van der Waals surface area contributed by atoms with Crippen LogP contribution in [-0.4, -0.2) is 25.0 Å². The van der Waals surface area contributed by atoms with Crippen molar-refractivity contribution in [2.24, 2.45) is 5.92 Å². The molecule has 0 fully saturated rings. The third-order valence-electron chi connectivity index (χ3n) is 4.65. The van der Waals surface area contributed by atoms with Crippen LogP contribution >= 0.6 is 0 Å². The van der Waals surface area contributed by atoms with Gasteiger partial charge in [-0.2, -0.15) is 0 Å². The highest BCUT2D eigenvalue weighted by atomic mass is 16.5. The van der Waals surface area contributed by atoms with E-state index in [1.807, 2.05) is 56.0 Å². The molecular formula is C22H26N2O3. The average Bonchev–Trinajstić information content (AvgIpc) is 2.67. The molecule has 5 nitrogen and oxygen atoms in total. The van der Waals surface area contributed by atoms with E-state index >= 15 is 0 Å². The second-order valence-corrected chi connectivity index (χ2v) is 6.97. The van der Waals surface area contributed by atoms with Crippen molar-refractivity contribution in [1.82, 2.24) is 0 Å². The predicted octanol–water partition coefficient (Wildman–Crippen LogP) is 4.27. The van der Waals surface area contributed by atoms with Crippen molar-refractivity contribution in [3.8, 4) is 5.75 Å². The number of ether oxygens (including phenoxy) is 1. The zero-order chi connectivity index (χ0) is 19.4. The van der Waals surface area contributed by atoms with E-state index < -0.39 is 0 Å². The predicted molar refractivity (Wildman–Crippen MR) is 108 cm³/mol. The quantitative estimate of drug-likeness (QED) is 0.859. The van der Waals surface area contributed by atoms with Gasteiger partial charge in [0.2, 0.25) is 5.91 Å². The third kappa shape index (κ3) is 4.13. The van der Waals surface area contributed by atoms with Crippen LogP contribution in [0.1, 0.15) is 43.1 Å². The van der Waals surface area contributed by atoms with Crippen LogP contribution in [0.2, 0.25) is 0 Å². The Morgan fingerprint density at radius 1 is 1.19 bits per heavy atom. The fourth-order valence-corrected chi connectivity index (χ4v) is 3.33.